The maximum Gasteiger partial charge on any atom is 0.348 e. The molecule has 0 radical (unpaired) electrons. The molecule has 1 aromatic rings. The van der Waals surface area contributed by atoms with Crippen molar-refractivity contribution in [2.75, 3.05) is 5.32 Å². The van der Waals surface area contributed by atoms with Crippen molar-refractivity contribution in [1.82, 2.24) is 10.6 Å². The first kappa shape index (κ1) is 17.1. The van der Waals surface area contributed by atoms with Gasteiger partial charge >= 0.3 is 6.03 Å². The molecule has 0 bridgehead atoms. The minimum absolute atomic E-state index is 0.153. The second-order valence-corrected chi connectivity index (χ2v) is 5.23. The zero-order chi connectivity index (χ0) is 17.6. The number of nitrogens with one attached hydrogen (secondary N) is 3. The Morgan fingerprint density at radius 1 is 1.08 bits per heavy atom. The molecule has 0 spiro atoms. The molecule has 2 rings (SSSR count). The Bertz CT molecular complexity index is 678. The third-order valence-corrected chi connectivity index (χ3v) is 3.56. The van der Waals surface area contributed by atoms with Crippen LogP contribution in [-0.4, -0.2) is 23.8 Å². The van der Waals surface area contributed by atoms with Crippen LogP contribution >= 0.6 is 0 Å². The number of benzene rings is 1. The van der Waals surface area contributed by atoms with E-state index in [9.17, 15) is 14.4 Å². The number of carbonyl (C=O) groups excluding carboxylic acids is 3. The number of hydrogen-bond acceptors (Lipinski definition) is 3. The van der Waals surface area contributed by atoms with Gasteiger partial charge in [0, 0.05) is 5.69 Å². The van der Waals surface area contributed by atoms with Crippen LogP contribution in [0, 0.1) is 5.41 Å². The first-order valence-corrected chi connectivity index (χ1v) is 7.31. The lowest BCUT2D eigenvalue weighted by Crippen LogP contribution is -2.63. The molecule has 7 nitrogen and oxygen atoms in total. The van der Waals surface area contributed by atoms with E-state index in [1.807, 2.05) is 6.07 Å². The van der Waals surface area contributed by atoms with E-state index < -0.39 is 23.3 Å². The number of anilines is 1. The van der Waals surface area contributed by atoms with Gasteiger partial charge < -0.3 is 5.32 Å². The summed E-state index contributed by atoms with van der Waals surface area (Å²) in [5.74, 6) is -1.29. The zero-order valence-electron chi connectivity index (χ0n) is 13.0. The van der Waals surface area contributed by atoms with Crippen molar-refractivity contribution >= 4 is 29.5 Å². The summed E-state index contributed by atoms with van der Waals surface area (Å²) in [6.07, 6.45) is 3.29. The van der Waals surface area contributed by atoms with E-state index >= 15 is 0 Å². The predicted molar refractivity (Wildman–Crippen MR) is 91.2 cm³/mol. The molecule has 1 aromatic carbocycles. The summed E-state index contributed by atoms with van der Waals surface area (Å²) in [6, 6.07) is 7.99. The van der Waals surface area contributed by atoms with Gasteiger partial charge in [-0.05, 0) is 25.0 Å². The Morgan fingerprint density at radius 2 is 1.62 bits per heavy atom. The van der Waals surface area contributed by atoms with Crippen LogP contribution in [0.5, 0.6) is 0 Å². The molecule has 0 saturated carbocycles. The van der Waals surface area contributed by atoms with Crippen molar-refractivity contribution in [2.24, 2.45) is 10.4 Å². The number of hydrogen-bond donors (Lipinski definition) is 3. The highest BCUT2D eigenvalue weighted by molar-refractivity contribution is 6.22. The van der Waals surface area contributed by atoms with Crippen molar-refractivity contribution in [3.8, 4) is 0 Å². The van der Waals surface area contributed by atoms with Gasteiger partial charge in [0.2, 0.25) is 17.8 Å². The number of rotatable bonds is 5. The predicted octanol–water partition coefficient (Wildman–Crippen LogP) is 1.96. The minimum Gasteiger partial charge on any atom is -0.306 e. The van der Waals surface area contributed by atoms with E-state index in [2.05, 4.69) is 34.1 Å². The molecule has 4 amide bonds. The normalized spacial score (nSPS) is 15.8. The number of guanidine groups is 1. The van der Waals surface area contributed by atoms with E-state index in [4.69, 9.17) is 0 Å². The molecule has 0 aliphatic carbocycles. The molecule has 1 aliphatic heterocycles. The Kier molecular flexibility index (Phi) is 5.26. The lowest BCUT2D eigenvalue weighted by molar-refractivity contribution is -0.143. The molecule has 0 atom stereocenters. The first-order valence-electron chi connectivity index (χ1n) is 7.31. The fourth-order valence-electron chi connectivity index (χ4n) is 2.37. The largest absolute Gasteiger partial charge is 0.348 e. The van der Waals surface area contributed by atoms with E-state index in [0.717, 1.165) is 0 Å². The average molecular weight is 326 g/mol. The second kappa shape index (κ2) is 7.36. The molecule has 1 saturated heterocycles. The molecule has 3 N–H and O–H groups in total. The van der Waals surface area contributed by atoms with Crippen LogP contribution < -0.4 is 16.0 Å². The molecule has 7 heteroatoms. The van der Waals surface area contributed by atoms with Gasteiger partial charge in [-0.15, -0.1) is 13.2 Å². The molecule has 1 aliphatic rings. The number of carbonyl (C=O) groups is 3. The molecule has 1 fully saturated rings. The Hall–Kier alpha value is -3.22. The van der Waals surface area contributed by atoms with Crippen molar-refractivity contribution in [1.29, 1.82) is 0 Å². The van der Waals surface area contributed by atoms with Gasteiger partial charge in [0.25, 0.3) is 0 Å². The van der Waals surface area contributed by atoms with Crippen molar-refractivity contribution in [3.05, 3.63) is 55.6 Å². The molecule has 0 aromatic heterocycles. The van der Waals surface area contributed by atoms with E-state index in [-0.39, 0.29) is 18.8 Å². The summed E-state index contributed by atoms with van der Waals surface area (Å²) in [5, 5.41) is 7.42. The molecule has 124 valence electrons. The zero-order valence-corrected chi connectivity index (χ0v) is 13.0. The highest BCUT2D eigenvalue weighted by Crippen LogP contribution is 2.30. The second-order valence-electron chi connectivity index (χ2n) is 5.23. The minimum atomic E-state index is -1.32. The summed E-state index contributed by atoms with van der Waals surface area (Å²) < 4.78 is 0. The third kappa shape index (κ3) is 3.57. The summed E-state index contributed by atoms with van der Waals surface area (Å²) in [6.45, 7) is 7.15. The topological polar surface area (TPSA) is 99.7 Å². The van der Waals surface area contributed by atoms with Gasteiger partial charge in [-0.1, -0.05) is 30.4 Å². The molecular formula is C17H18N4O3. The third-order valence-electron chi connectivity index (χ3n) is 3.56. The van der Waals surface area contributed by atoms with Crippen molar-refractivity contribution in [2.45, 2.75) is 12.8 Å². The number of para-hydroxylation sites is 1. The Morgan fingerprint density at radius 3 is 2.12 bits per heavy atom. The highest BCUT2D eigenvalue weighted by Gasteiger charge is 2.47. The summed E-state index contributed by atoms with van der Waals surface area (Å²) >= 11 is 0. The summed E-state index contributed by atoms with van der Waals surface area (Å²) in [5.41, 5.74) is -0.772. The molecular weight excluding hydrogens is 308 g/mol. The van der Waals surface area contributed by atoms with Crippen LogP contribution in [0.4, 0.5) is 10.5 Å². The van der Waals surface area contributed by atoms with Crippen molar-refractivity contribution < 1.29 is 14.4 Å². The number of nitrogens with zero attached hydrogens (tertiary/aromatic N) is 1. The smallest absolute Gasteiger partial charge is 0.306 e. The maximum atomic E-state index is 12.4. The van der Waals surface area contributed by atoms with E-state index in [1.54, 1.807) is 24.3 Å². The number of urea groups is 1. The van der Waals surface area contributed by atoms with Gasteiger partial charge in [-0.25, -0.2) is 4.79 Å². The monoisotopic (exact) mass is 326 g/mol. The number of aliphatic imine (C=N–C) groups is 1. The van der Waals surface area contributed by atoms with Gasteiger partial charge in [0.15, 0.2) is 0 Å². The highest BCUT2D eigenvalue weighted by atomic mass is 16.2. The number of amides is 4. The fourth-order valence-corrected chi connectivity index (χ4v) is 2.37. The van der Waals surface area contributed by atoms with Crippen LogP contribution in [0.2, 0.25) is 0 Å². The lowest BCUT2D eigenvalue weighted by Gasteiger charge is -2.33. The van der Waals surface area contributed by atoms with Gasteiger partial charge in [0.05, 0.1) is 0 Å². The Labute approximate surface area is 139 Å². The summed E-state index contributed by atoms with van der Waals surface area (Å²) in [7, 11) is 0. The maximum absolute atomic E-state index is 12.4. The number of allylic oxidation sites excluding steroid dienone is 2. The molecule has 0 unspecified atom stereocenters. The molecule has 24 heavy (non-hydrogen) atoms. The standard InChI is InChI=1S/C17H18N4O3/c1-3-10-17(11-4-2)13(22)19-15(20-14(17)23)21-16(24)18-12-8-6-5-7-9-12/h3-9H,1-2,10-11H2,(H3,18,19,20,21,22,23,24). The van der Waals surface area contributed by atoms with Crippen LogP contribution in [0.1, 0.15) is 12.8 Å². The van der Waals surface area contributed by atoms with Gasteiger partial charge in [0.1, 0.15) is 5.41 Å². The summed E-state index contributed by atoms with van der Waals surface area (Å²) in [4.78, 5) is 40.3. The quantitative estimate of drug-likeness (QED) is 0.569. The van der Waals surface area contributed by atoms with Crippen molar-refractivity contribution in [3.63, 3.8) is 0 Å². The van der Waals surface area contributed by atoms with E-state index in [1.165, 1.54) is 12.2 Å². The lowest BCUT2D eigenvalue weighted by atomic mass is 9.78. The molecule has 1 heterocycles. The van der Waals surface area contributed by atoms with Crippen LogP contribution in [0.15, 0.2) is 60.6 Å². The Balaban J connectivity index is 2.14. The first-order chi connectivity index (χ1) is 11.5. The van der Waals surface area contributed by atoms with Crippen LogP contribution in [-0.2, 0) is 9.59 Å². The average Bonchev–Trinajstić information content (AvgIpc) is 2.53. The SMILES string of the molecule is C=CCC1(CC=C)C(=O)NC(=NC(=O)Nc2ccccc2)NC1=O. The van der Waals surface area contributed by atoms with Crippen LogP contribution in [0.25, 0.3) is 0 Å². The van der Waals surface area contributed by atoms with Gasteiger partial charge in [-0.3, -0.25) is 20.2 Å². The van der Waals surface area contributed by atoms with Gasteiger partial charge in [-0.2, -0.15) is 4.99 Å². The van der Waals surface area contributed by atoms with E-state index in [0.29, 0.717) is 5.69 Å². The fraction of sp³-hybridized carbons (Fsp3) is 0.176. The van der Waals surface area contributed by atoms with Crippen LogP contribution in [0.3, 0.4) is 0 Å².